The number of rotatable bonds is 23. The van der Waals surface area contributed by atoms with Crippen molar-refractivity contribution in [2.24, 2.45) is 11.3 Å². The van der Waals surface area contributed by atoms with Crippen molar-refractivity contribution in [2.45, 2.75) is 136 Å². The van der Waals surface area contributed by atoms with Crippen LogP contribution in [-0.2, 0) is 19.1 Å². The molecule has 0 amide bonds. The number of carbonyl (C=O) groups is 2. The lowest BCUT2D eigenvalue weighted by atomic mass is 9.76. The van der Waals surface area contributed by atoms with Gasteiger partial charge in [0.15, 0.2) is 13.2 Å². The number of alkyl halides is 32. The van der Waals surface area contributed by atoms with Crippen LogP contribution in [0.3, 0.4) is 0 Å². The first-order valence-electron chi connectivity index (χ1n) is 15.7. The van der Waals surface area contributed by atoms with Gasteiger partial charge in [0.05, 0.1) is 0 Å². The van der Waals surface area contributed by atoms with E-state index in [1.807, 2.05) is 0 Å². The minimum absolute atomic E-state index is 0.905. The van der Waals surface area contributed by atoms with Gasteiger partial charge in [-0.2, -0.15) is 123 Å². The molecule has 0 radical (unpaired) electrons. The molecule has 1 atom stereocenters. The number of ether oxygens (including phenoxy) is 2. The lowest BCUT2D eigenvalue weighted by Crippen LogP contribution is -2.74. The third-order valence-corrected chi connectivity index (χ3v) is 8.62. The molecule has 0 aliphatic carbocycles. The smallest absolute Gasteiger partial charge is 0.385 e. The molecule has 0 N–H and O–H groups in total. The lowest BCUT2D eigenvalue weighted by Gasteiger charge is -2.42. The third kappa shape index (κ3) is 9.46. The SMILES string of the molecule is CC(C)(C)C(CCC(=O)OCC(F)(F)C(F)(F)C(F)(F)C(F)(F)C(F)(F)C(F)(F)C(F)(F)C(F)F)CC(=O)OCC(F)(F)C(F)(F)C(F)(F)C(F)(F)C(F)(F)C(F)(F)C(F)(F)C(F)F. The molecule has 0 aromatic heterocycles. The van der Waals surface area contributed by atoms with Gasteiger partial charge in [-0.25, -0.2) is 17.6 Å². The Morgan fingerprint density at radius 1 is 0.375 bits per heavy atom. The normalized spacial score (nSPS) is 16.4. The van der Waals surface area contributed by atoms with Gasteiger partial charge in [-0.1, -0.05) is 20.8 Å². The largest absolute Gasteiger partial charge is 0.459 e. The summed E-state index contributed by atoms with van der Waals surface area (Å²) in [4.78, 5) is 24.0. The summed E-state index contributed by atoms with van der Waals surface area (Å²) < 4.78 is 438. The van der Waals surface area contributed by atoms with E-state index >= 15 is 0 Å². The van der Waals surface area contributed by atoms with Crippen molar-refractivity contribution in [3.05, 3.63) is 0 Å². The summed E-state index contributed by atoms with van der Waals surface area (Å²) in [7, 11) is 0. The maximum atomic E-state index is 14.1. The van der Waals surface area contributed by atoms with Crippen molar-refractivity contribution in [1.82, 2.24) is 0 Å². The van der Waals surface area contributed by atoms with Crippen LogP contribution >= 0.6 is 0 Å². The lowest BCUT2D eigenvalue weighted by molar-refractivity contribution is -0.447. The van der Waals surface area contributed by atoms with Crippen LogP contribution < -0.4 is 0 Å². The average Bonchev–Trinajstić information content (AvgIpc) is 3.09. The predicted molar refractivity (Wildman–Crippen MR) is 140 cm³/mol. The van der Waals surface area contributed by atoms with Crippen LogP contribution in [0.25, 0.3) is 0 Å². The first-order valence-corrected chi connectivity index (χ1v) is 15.7. The molecule has 0 bridgehead atoms. The second kappa shape index (κ2) is 17.4. The molecule has 0 spiro atoms. The van der Waals surface area contributed by atoms with E-state index in [1.165, 1.54) is 0 Å². The Bertz CT molecular complexity index is 1630. The minimum Gasteiger partial charge on any atom is -0.459 e. The minimum atomic E-state index is -8.82. The molecule has 0 aliphatic rings. The Kier molecular flexibility index (Phi) is 16.5. The standard InChI is InChI=1S/C28H22F32O4/c1-14(2,3)9(6-11(62)64-8-16(35,36)20(43,44)24(51,52)28(59,60)26(55,56)22(47,48)18(39,40)13(31)32)4-5-10(61)63-7-15(33,34)19(41,42)23(49,50)27(57,58)25(53,54)21(45,46)17(37,38)12(29)30/h9,12-13H,4-8H2,1-3H3. The number of hydrogen-bond acceptors (Lipinski definition) is 4. The molecule has 0 rings (SSSR count). The molecule has 0 fully saturated rings. The zero-order chi connectivity index (χ0) is 52.3. The van der Waals surface area contributed by atoms with Gasteiger partial charge in [-0.3, -0.25) is 9.59 Å². The highest BCUT2D eigenvalue weighted by atomic mass is 19.4. The highest BCUT2D eigenvalue weighted by Crippen LogP contribution is 2.64. The fourth-order valence-electron chi connectivity index (χ4n) is 4.32. The molecule has 0 aliphatic heterocycles. The first-order chi connectivity index (χ1) is 27.5. The van der Waals surface area contributed by atoms with E-state index in [1.54, 1.807) is 0 Å². The maximum Gasteiger partial charge on any atom is 0.385 e. The van der Waals surface area contributed by atoms with Crippen molar-refractivity contribution in [3.8, 4) is 0 Å². The van der Waals surface area contributed by atoms with E-state index in [4.69, 9.17) is 0 Å². The van der Waals surface area contributed by atoms with Crippen LogP contribution in [0.5, 0.6) is 0 Å². The fraction of sp³-hybridized carbons (Fsp3) is 0.929. The fourth-order valence-corrected chi connectivity index (χ4v) is 4.32. The molecule has 0 aromatic carbocycles. The van der Waals surface area contributed by atoms with Crippen LogP contribution in [0.15, 0.2) is 0 Å². The molecule has 4 nitrogen and oxygen atoms in total. The number of esters is 2. The van der Waals surface area contributed by atoms with Crippen molar-refractivity contribution in [3.63, 3.8) is 0 Å². The molecule has 0 saturated carbocycles. The molecular formula is C28H22F32O4. The average molecular weight is 1030 g/mol. The topological polar surface area (TPSA) is 52.6 Å². The summed E-state index contributed by atoms with van der Waals surface area (Å²) >= 11 is 0. The molecule has 382 valence electrons. The van der Waals surface area contributed by atoms with E-state index in [9.17, 15) is 150 Å². The quantitative estimate of drug-likeness (QED) is 0.0756. The van der Waals surface area contributed by atoms with E-state index in [0.29, 0.717) is 0 Å². The summed E-state index contributed by atoms with van der Waals surface area (Å²) in [6.45, 7) is -4.66. The van der Waals surface area contributed by atoms with Gasteiger partial charge in [-0.15, -0.1) is 0 Å². The molecule has 36 heteroatoms. The van der Waals surface area contributed by atoms with Gasteiger partial charge < -0.3 is 9.47 Å². The van der Waals surface area contributed by atoms with Crippen molar-refractivity contribution >= 4 is 11.9 Å². The van der Waals surface area contributed by atoms with Crippen molar-refractivity contribution < 1.29 is 160 Å². The predicted octanol–water partition coefficient (Wildman–Crippen LogP) is 12.3. The Balaban J connectivity index is 6.21. The van der Waals surface area contributed by atoms with Crippen LogP contribution in [0, 0.1) is 11.3 Å². The summed E-state index contributed by atoms with van der Waals surface area (Å²) in [5, 5.41) is 0. The second-order valence-corrected chi connectivity index (χ2v) is 14.1. The van der Waals surface area contributed by atoms with Crippen molar-refractivity contribution in [1.29, 1.82) is 0 Å². The van der Waals surface area contributed by atoms with Crippen LogP contribution in [0.1, 0.15) is 40.0 Å². The van der Waals surface area contributed by atoms with E-state index in [0.717, 1.165) is 20.8 Å². The van der Waals surface area contributed by atoms with E-state index < -0.39 is 152 Å². The molecule has 0 saturated heterocycles. The van der Waals surface area contributed by atoms with Gasteiger partial charge in [-0.05, 0) is 17.8 Å². The van der Waals surface area contributed by atoms with Crippen LogP contribution in [-0.4, -0.2) is 121 Å². The Hall–Kier alpha value is -3.30. The zero-order valence-corrected chi connectivity index (χ0v) is 30.5. The second-order valence-electron chi connectivity index (χ2n) is 14.1. The monoisotopic (exact) mass is 1030 g/mol. The van der Waals surface area contributed by atoms with Gasteiger partial charge in [0.25, 0.3) is 0 Å². The van der Waals surface area contributed by atoms with Gasteiger partial charge in [0.2, 0.25) is 0 Å². The molecular weight excluding hydrogens is 1010 g/mol. The van der Waals surface area contributed by atoms with Crippen molar-refractivity contribution in [2.75, 3.05) is 13.2 Å². The highest BCUT2D eigenvalue weighted by molar-refractivity contribution is 5.71. The highest BCUT2D eigenvalue weighted by Gasteiger charge is 2.95. The number of hydrogen-bond donors (Lipinski definition) is 0. The van der Waals surface area contributed by atoms with Gasteiger partial charge >= 0.3 is 108 Å². The summed E-state index contributed by atoms with van der Waals surface area (Å²) in [6, 6.07) is 0. The maximum absolute atomic E-state index is 14.1. The number of carbonyl (C=O) groups excluding carboxylic acids is 2. The zero-order valence-electron chi connectivity index (χ0n) is 30.5. The summed E-state index contributed by atoms with van der Waals surface area (Å²) in [5.41, 5.74) is -1.70. The Labute approximate surface area is 332 Å². The Morgan fingerprint density at radius 3 is 0.859 bits per heavy atom. The summed E-state index contributed by atoms with van der Waals surface area (Å²) in [6.07, 6.45) is -16.9. The third-order valence-electron chi connectivity index (χ3n) is 8.62. The summed E-state index contributed by atoms with van der Waals surface area (Å²) in [5.74, 6) is -122. The van der Waals surface area contributed by atoms with Crippen LogP contribution in [0.2, 0.25) is 0 Å². The first kappa shape index (κ1) is 60.7. The number of halogens is 32. The van der Waals surface area contributed by atoms with Crippen LogP contribution in [0.4, 0.5) is 140 Å². The molecule has 1 unspecified atom stereocenters. The Morgan fingerprint density at radius 2 is 0.609 bits per heavy atom. The molecule has 0 aromatic rings. The van der Waals surface area contributed by atoms with E-state index in [-0.39, 0.29) is 0 Å². The molecule has 64 heavy (non-hydrogen) atoms. The van der Waals surface area contributed by atoms with Gasteiger partial charge in [0, 0.05) is 12.8 Å². The van der Waals surface area contributed by atoms with E-state index in [2.05, 4.69) is 9.47 Å². The molecule has 0 heterocycles. The van der Waals surface area contributed by atoms with Gasteiger partial charge in [0.1, 0.15) is 0 Å².